The van der Waals surface area contributed by atoms with Gasteiger partial charge in [-0.05, 0) is 32.4 Å². The molecule has 0 aromatic heterocycles. The molecule has 0 bridgehead atoms. The fourth-order valence-corrected chi connectivity index (χ4v) is 2.31. The van der Waals surface area contributed by atoms with Gasteiger partial charge in [-0.1, -0.05) is 6.07 Å². The normalized spacial score (nSPS) is 22.2. The molecule has 6 heteroatoms. The van der Waals surface area contributed by atoms with Crippen molar-refractivity contribution >= 4 is 17.1 Å². The quantitative estimate of drug-likeness (QED) is 0.632. The van der Waals surface area contributed by atoms with Crippen LogP contribution in [-0.2, 0) is 4.74 Å². The lowest BCUT2D eigenvalue weighted by Gasteiger charge is -2.18. The largest absolute Gasteiger partial charge is 0.380 e. The number of para-hydroxylation sites is 1. The van der Waals surface area contributed by atoms with E-state index in [-0.39, 0.29) is 22.8 Å². The van der Waals surface area contributed by atoms with Crippen molar-refractivity contribution in [2.24, 2.45) is 0 Å². The van der Waals surface area contributed by atoms with E-state index in [2.05, 4.69) is 10.6 Å². The molecule has 19 heavy (non-hydrogen) atoms. The highest BCUT2D eigenvalue weighted by molar-refractivity contribution is 5.76. The summed E-state index contributed by atoms with van der Waals surface area (Å²) in [6.45, 7) is 5.23. The van der Waals surface area contributed by atoms with Crippen LogP contribution in [0.2, 0.25) is 0 Å². The van der Waals surface area contributed by atoms with Gasteiger partial charge in [-0.25, -0.2) is 0 Å². The van der Waals surface area contributed by atoms with Gasteiger partial charge in [0.2, 0.25) is 0 Å². The van der Waals surface area contributed by atoms with E-state index >= 15 is 0 Å². The van der Waals surface area contributed by atoms with Crippen LogP contribution in [0.5, 0.6) is 0 Å². The number of nitrogens with one attached hydrogen (secondary N) is 2. The Kier molecular flexibility index (Phi) is 4.21. The molecule has 1 fully saturated rings. The summed E-state index contributed by atoms with van der Waals surface area (Å²) in [6, 6.07) is 5.40. The van der Waals surface area contributed by atoms with Gasteiger partial charge >= 0.3 is 5.69 Å². The highest BCUT2D eigenvalue weighted by Gasteiger charge is 2.27. The Morgan fingerprint density at radius 1 is 1.47 bits per heavy atom. The van der Waals surface area contributed by atoms with Crippen molar-refractivity contribution < 1.29 is 9.66 Å². The van der Waals surface area contributed by atoms with Gasteiger partial charge in [0.15, 0.2) is 0 Å². The zero-order valence-corrected chi connectivity index (χ0v) is 11.2. The molecule has 0 amide bonds. The molecule has 104 valence electrons. The molecule has 1 aliphatic heterocycles. The first-order chi connectivity index (χ1) is 9.13. The number of anilines is 2. The Morgan fingerprint density at radius 3 is 2.79 bits per heavy atom. The first-order valence-corrected chi connectivity index (χ1v) is 6.53. The van der Waals surface area contributed by atoms with E-state index in [1.807, 2.05) is 19.9 Å². The summed E-state index contributed by atoms with van der Waals surface area (Å²) in [5.74, 6) is 0. The van der Waals surface area contributed by atoms with Crippen molar-refractivity contribution in [2.75, 3.05) is 23.8 Å². The lowest BCUT2D eigenvalue weighted by atomic mass is 10.1. The first kappa shape index (κ1) is 13.6. The first-order valence-electron chi connectivity index (χ1n) is 6.53. The standard InChI is InChI=1S/C13H19N3O3/c1-3-14-11-5-4-6-12(13(11)16(17)18)15-10-7-8-19-9(10)2/h4-6,9-10,14-15H,3,7-8H2,1-2H3. The second-order valence-corrected chi connectivity index (χ2v) is 4.60. The third-order valence-corrected chi connectivity index (χ3v) is 3.30. The van der Waals surface area contributed by atoms with E-state index < -0.39 is 0 Å². The van der Waals surface area contributed by atoms with Crippen LogP contribution in [0.3, 0.4) is 0 Å². The van der Waals surface area contributed by atoms with E-state index in [0.29, 0.717) is 24.5 Å². The lowest BCUT2D eigenvalue weighted by molar-refractivity contribution is -0.383. The molecule has 1 aromatic carbocycles. The van der Waals surface area contributed by atoms with Crippen molar-refractivity contribution in [1.82, 2.24) is 0 Å². The zero-order valence-electron chi connectivity index (χ0n) is 11.2. The summed E-state index contributed by atoms with van der Waals surface area (Å²) in [4.78, 5) is 10.9. The molecule has 2 N–H and O–H groups in total. The summed E-state index contributed by atoms with van der Waals surface area (Å²) in [5.41, 5.74) is 1.19. The molecule has 0 radical (unpaired) electrons. The zero-order chi connectivity index (χ0) is 13.8. The minimum absolute atomic E-state index is 0.0717. The van der Waals surface area contributed by atoms with Gasteiger partial charge in [0, 0.05) is 13.2 Å². The number of benzene rings is 1. The van der Waals surface area contributed by atoms with Gasteiger partial charge in [0.25, 0.3) is 0 Å². The van der Waals surface area contributed by atoms with E-state index in [4.69, 9.17) is 4.74 Å². The van der Waals surface area contributed by atoms with Crippen molar-refractivity contribution in [2.45, 2.75) is 32.4 Å². The number of nitro groups is 1. The Balaban J connectivity index is 2.28. The molecular formula is C13H19N3O3. The minimum atomic E-state index is -0.346. The van der Waals surface area contributed by atoms with Gasteiger partial charge in [-0.3, -0.25) is 10.1 Å². The van der Waals surface area contributed by atoms with Crippen LogP contribution in [0.15, 0.2) is 18.2 Å². The molecule has 1 aliphatic rings. The Labute approximate surface area is 112 Å². The van der Waals surface area contributed by atoms with Crippen LogP contribution in [0.25, 0.3) is 0 Å². The smallest absolute Gasteiger partial charge is 0.315 e. The maximum absolute atomic E-state index is 11.3. The Hall–Kier alpha value is -1.82. The summed E-state index contributed by atoms with van der Waals surface area (Å²) < 4.78 is 5.47. The van der Waals surface area contributed by atoms with Gasteiger partial charge in [-0.15, -0.1) is 0 Å². The molecule has 1 aromatic rings. The Morgan fingerprint density at radius 2 is 2.21 bits per heavy atom. The Bertz CT molecular complexity index is 464. The molecule has 0 saturated carbocycles. The molecule has 6 nitrogen and oxygen atoms in total. The fraction of sp³-hybridized carbons (Fsp3) is 0.538. The third kappa shape index (κ3) is 2.96. The van der Waals surface area contributed by atoms with Crippen LogP contribution >= 0.6 is 0 Å². The van der Waals surface area contributed by atoms with Crippen LogP contribution < -0.4 is 10.6 Å². The third-order valence-electron chi connectivity index (χ3n) is 3.30. The number of hydrogen-bond acceptors (Lipinski definition) is 5. The van der Waals surface area contributed by atoms with Crippen molar-refractivity contribution in [3.63, 3.8) is 0 Å². The van der Waals surface area contributed by atoms with E-state index in [9.17, 15) is 10.1 Å². The van der Waals surface area contributed by atoms with Crippen LogP contribution in [0, 0.1) is 10.1 Å². The maximum atomic E-state index is 11.3. The van der Waals surface area contributed by atoms with Crippen molar-refractivity contribution in [3.8, 4) is 0 Å². The van der Waals surface area contributed by atoms with Crippen LogP contribution in [-0.4, -0.2) is 30.2 Å². The number of nitro benzene ring substituents is 1. The molecular weight excluding hydrogens is 246 g/mol. The fourth-order valence-electron chi connectivity index (χ4n) is 2.31. The molecule has 1 heterocycles. The summed E-state index contributed by atoms with van der Waals surface area (Å²) in [7, 11) is 0. The van der Waals surface area contributed by atoms with Crippen LogP contribution in [0.1, 0.15) is 20.3 Å². The predicted molar refractivity (Wildman–Crippen MR) is 74.7 cm³/mol. The SMILES string of the molecule is CCNc1cccc(NC2CCOC2C)c1[N+](=O)[O-]. The molecule has 1 saturated heterocycles. The number of rotatable bonds is 5. The van der Waals surface area contributed by atoms with Crippen molar-refractivity contribution in [3.05, 3.63) is 28.3 Å². The van der Waals surface area contributed by atoms with Gasteiger partial charge in [0.05, 0.1) is 17.1 Å². The van der Waals surface area contributed by atoms with Gasteiger partial charge < -0.3 is 15.4 Å². The highest BCUT2D eigenvalue weighted by Crippen LogP contribution is 2.34. The van der Waals surface area contributed by atoms with E-state index in [1.54, 1.807) is 12.1 Å². The second-order valence-electron chi connectivity index (χ2n) is 4.60. The number of ether oxygens (including phenoxy) is 1. The van der Waals surface area contributed by atoms with E-state index in [1.165, 1.54) is 0 Å². The topological polar surface area (TPSA) is 76.4 Å². The molecule has 2 unspecified atom stereocenters. The molecule has 0 aliphatic carbocycles. The molecule has 0 spiro atoms. The minimum Gasteiger partial charge on any atom is -0.380 e. The summed E-state index contributed by atoms with van der Waals surface area (Å²) >= 11 is 0. The number of hydrogen-bond donors (Lipinski definition) is 2. The van der Waals surface area contributed by atoms with Crippen molar-refractivity contribution in [1.29, 1.82) is 0 Å². The monoisotopic (exact) mass is 265 g/mol. The average molecular weight is 265 g/mol. The molecule has 2 atom stereocenters. The summed E-state index contributed by atoms with van der Waals surface area (Å²) in [6.07, 6.45) is 0.936. The summed E-state index contributed by atoms with van der Waals surface area (Å²) in [5, 5.41) is 17.5. The lowest BCUT2D eigenvalue weighted by Crippen LogP contribution is -2.27. The van der Waals surface area contributed by atoms with Crippen LogP contribution in [0.4, 0.5) is 17.1 Å². The second kappa shape index (κ2) is 5.88. The molecule has 2 rings (SSSR count). The highest BCUT2D eigenvalue weighted by atomic mass is 16.6. The number of nitrogens with zero attached hydrogens (tertiary/aromatic N) is 1. The average Bonchev–Trinajstić information content (AvgIpc) is 2.75. The van der Waals surface area contributed by atoms with Gasteiger partial charge in [-0.2, -0.15) is 0 Å². The predicted octanol–water partition coefficient (Wildman–Crippen LogP) is 2.62. The maximum Gasteiger partial charge on any atom is 0.315 e. The van der Waals surface area contributed by atoms with Gasteiger partial charge in [0.1, 0.15) is 11.4 Å². The van der Waals surface area contributed by atoms with E-state index in [0.717, 1.165) is 6.42 Å².